The summed E-state index contributed by atoms with van der Waals surface area (Å²) in [5.41, 5.74) is 2.14. The molecule has 0 heterocycles. The Bertz CT molecular complexity index is 527. The fraction of sp³-hybridized carbons (Fsp3) is 0.471. The number of nitrogens with one attached hydrogen (secondary N) is 1. The molecule has 114 valence electrons. The molecule has 0 aliphatic rings. The Balaban J connectivity index is 2.62. The Kier molecular flexibility index (Phi) is 7.52. The molecule has 1 rings (SSSR count). The van der Waals surface area contributed by atoms with Gasteiger partial charge in [-0.05, 0) is 25.0 Å². The molecular formula is C17H23NO3. The first kappa shape index (κ1) is 17.2. The number of benzene rings is 1. The van der Waals surface area contributed by atoms with Crippen molar-refractivity contribution in [1.29, 1.82) is 0 Å². The highest BCUT2D eigenvalue weighted by Crippen LogP contribution is 2.10. The quantitative estimate of drug-likeness (QED) is 0.619. The van der Waals surface area contributed by atoms with Crippen LogP contribution in [0.3, 0.4) is 0 Å². The van der Waals surface area contributed by atoms with Gasteiger partial charge in [0.1, 0.15) is 6.61 Å². The smallest absolute Gasteiger partial charge is 0.252 e. The van der Waals surface area contributed by atoms with Gasteiger partial charge in [-0.3, -0.25) is 4.79 Å². The Morgan fingerprint density at radius 3 is 2.86 bits per heavy atom. The highest BCUT2D eigenvalue weighted by atomic mass is 16.5. The number of rotatable bonds is 6. The number of ether oxygens (including phenoxy) is 1. The molecule has 1 amide bonds. The van der Waals surface area contributed by atoms with Crippen LogP contribution in [0.15, 0.2) is 18.2 Å². The molecule has 0 bridgehead atoms. The summed E-state index contributed by atoms with van der Waals surface area (Å²) in [6.07, 6.45) is 0. The lowest BCUT2D eigenvalue weighted by molar-refractivity contribution is 0.0886. The summed E-state index contributed by atoms with van der Waals surface area (Å²) in [5, 5.41) is 11.6. The zero-order valence-corrected chi connectivity index (χ0v) is 12.9. The molecule has 1 aromatic rings. The van der Waals surface area contributed by atoms with Crippen LogP contribution in [0.25, 0.3) is 0 Å². The lowest BCUT2D eigenvalue weighted by Crippen LogP contribution is -2.28. The first-order valence-electron chi connectivity index (χ1n) is 7.11. The summed E-state index contributed by atoms with van der Waals surface area (Å²) in [6, 6.07) is 5.48. The molecule has 4 nitrogen and oxygen atoms in total. The molecule has 0 radical (unpaired) electrons. The number of carbonyl (C=O) groups is 1. The molecule has 0 fully saturated rings. The summed E-state index contributed by atoms with van der Waals surface area (Å²) in [7, 11) is 0. The maximum Gasteiger partial charge on any atom is 0.252 e. The molecule has 4 heteroatoms. The highest BCUT2D eigenvalue weighted by Gasteiger charge is 2.10. The monoisotopic (exact) mass is 289 g/mol. The van der Waals surface area contributed by atoms with E-state index in [9.17, 15) is 4.79 Å². The van der Waals surface area contributed by atoms with E-state index in [1.54, 1.807) is 12.1 Å². The van der Waals surface area contributed by atoms with Gasteiger partial charge in [0.15, 0.2) is 0 Å². The third-order valence-electron chi connectivity index (χ3n) is 2.70. The van der Waals surface area contributed by atoms with E-state index in [2.05, 4.69) is 31.0 Å². The van der Waals surface area contributed by atoms with E-state index in [0.717, 1.165) is 5.56 Å². The third kappa shape index (κ3) is 6.44. The largest absolute Gasteiger partial charge is 0.384 e. The molecule has 0 spiro atoms. The second-order valence-corrected chi connectivity index (χ2v) is 5.23. The van der Waals surface area contributed by atoms with E-state index in [0.29, 0.717) is 36.8 Å². The number of aliphatic hydroxyl groups excluding tert-OH is 1. The summed E-state index contributed by atoms with van der Waals surface area (Å²) in [6.45, 7) is 7.51. The average molecular weight is 289 g/mol. The normalized spacial score (nSPS) is 10.1. The van der Waals surface area contributed by atoms with Crippen LogP contribution in [0.4, 0.5) is 0 Å². The number of amides is 1. The molecule has 0 aromatic heterocycles. The summed E-state index contributed by atoms with van der Waals surface area (Å²) >= 11 is 0. The first-order valence-corrected chi connectivity index (χ1v) is 7.11. The molecule has 1 aromatic carbocycles. The van der Waals surface area contributed by atoms with Crippen molar-refractivity contribution in [1.82, 2.24) is 5.32 Å². The van der Waals surface area contributed by atoms with Crippen LogP contribution in [0.2, 0.25) is 0 Å². The van der Waals surface area contributed by atoms with Crippen molar-refractivity contribution in [3.63, 3.8) is 0 Å². The Labute approximate surface area is 126 Å². The van der Waals surface area contributed by atoms with Gasteiger partial charge < -0.3 is 15.2 Å². The van der Waals surface area contributed by atoms with Crippen molar-refractivity contribution >= 4 is 5.91 Å². The number of hydrogen-bond donors (Lipinski definition) is 2. The second kappa shape index (κ2) is 9.17. The van der Waals surface area contributed by atoms with Crippen molar-refractivity contribution in [2.45, 2.75) is 20.8 Å². The van der Waals surface area contributed by atoms with Crippen LogP contribution in [-0.2, 0) is 4.74 Å². The van der Waals surface area contributed by atoms with Gasteiger partial charge in [-0.1, -0.05) is 37.3 Å². The summed E-state index contributed by atoms with van der Waals surface area (Å²) < 4.78 is 5.42. The van der Waals surface area contributed by atoms with E-state index in [1.165, 1.54) is 0 Å². The van der Waals surface area contributed by atoms with Crippen LogP contribution in [0, 0.1) is 24.7 Å². The third-order valence-corrected chi connectivity index (χ3v) is 2.70. The van der Waals surface area contributed by atoms with Crippen LogP contribution in [0.1, 0.15) is 35.3 Å². The van der Waals surface area contributed by atoms with Crippen molar-refractivity contribution < 1.29 is 14.6 Å². The average Bonchev–Trinajstić information content (AvgIpc) is 2.45. The van der Waals surface area contributed by atoms with Crippen molar-refractivity contribution in [3.05, 3.63) is 34.9 Å². The van der Waals surface area contributed by atoms with Gasteiger partial charge >= 0.3 is 0 Å². The Hall–Kier alpha value is -1.83. The minimum absolute atomic E-state index is 0.172. The van der Waals surface area contributed by atoms with E-state index < -0.39 is 0 Å². The second-order valence-electron chi connectivity index (χ2n) is 5.23. The van der Waals surface area contributed by atoms with E-state index in [1.807, 2.05) is 13.0 Å². The van der Waals surface area contributed by atoms with Crippen LogP contribution >= 0.6 is 0 Å². The lowest BCUT2D eigenvalue weighted by Gasteiger charge is -2.09. The fourth-order valence-corrected chi connectivity index (χ4v) is 1.74. The van der Waals surface area contributed by atoms with Crippen molar-refractivity contribution in [3.8, 4) is 11.8 Å². The predicted molar refractivity (Wildman–Crippen MR) is 83.1 cm³/mol. The molecule has 21 heavy (non-hydrogen) atoms. The van der Waals surface area contributed by atoms with E-state index in [-0.39, 0.29) is 12.5 Å². The van der Waals surface area contributed by atoms with Crippen molar-refractivity contribution in [2.24, 2.45) is 5.92 Å². The molecule has 0 saturated heterocycles. The SMILES string of the molecule is Cc1ccc(C#CCO)c(C(=O)NCCOCC(C)C)c1. The van der Waals surface area contributed by atoms with Gasteiger partial charge in [0.25, 0.3) is 5.91 Å². The maximum atomic E-state index is 12.2. The van der Waals surface area contributed by atoms with Crippen LogP contribution in [0.5, 0.6) is 0 Å². The maximum absolute atomic E-state index is 12.2. The first-order chi connectivity index (χ1) is 10.0. The number of carbonyl (C=O) groups excluding carboxylic acids is 1. The van der Waals surface area contributed by atoms with Gasteiger partial charge in [0.2, 0.25) is 0 Å². The molecule has 0 saturated carbocycles. The van der Waals surface area contributed by atoms with E-state index in [4.69, 9.17) is 9.84 Å². The van der Waals surface area contributed by atoms with Crippen LogP contribution < -0.4 is 5.32 Å². The molecular weight excluding hydrogens is 266 g/mol. The molecule has 0 aliphatic heterocycles. The van der Waals surface area contributed by atoms with E-state index >= 15 is 0 Å². The summed E-state index contributed by atoms with van der Waals surface area (Å²) in [5.74, 6) is 5.68. The zero-order valence-electron chi connectivity index (χ0n) is 12.9. The van der Waals surface area contributed by atoms with Gasteiger partial charge in [-0.15, -0.1) is 0 Å². The molecule has 2 N–H and O–H groups in total. The number of aryl methyl sites for hydroxylation is 1. The Morgan fingerprint density at radius 1 is 1.43 bits per heavy atom. The topological polar surface area (TPSA) is 58.6 Å². The Morgan fingerprint density at radius 2 is 2.19 bits per heavy atom. The molecule has 0 aliphatic carbocycles. The van der Waals surface area contributed by atoms with Crippen molar-refractivity contribution in [2.75, 3.05) is 26.4 Å². The van der Waals surface area contributed by atoms with Gasteiger partial charge in [-0.25, -0.2) is 0 Å². The van der Waals surface area contributed by atoms with Gasteiger partial charge in [-0.2, -0.15) is 0 Å². The summed E-state index contributed by atoms with van der Waals surface area (Å²) in [4.78, 5) is 12.2. The highest BCUT2D eigenvalue weighted by molar-refractivity contribution is 5.96. The minimum Gasteiger partial charge on any atom is -0.384 e. The standard InChI is InChI=1S/C17H23NO3/c1-13(2)12-21-10-8-18-17(20)16-11-14(3)6-7-15(16)5-4-9-19/h6-7,11,13,19H,8-10,12H2,1-3H3,(H,18,20). The van der Waals surface area contributed by atoms with Crippen LogP contribution in [-0.4, -0.2) is 37.4 Å². The lowest BCUT2D eigenvalue weighted by atomic mass is 10.0. The number of aliphatic hydroxyl groups is 1. The van der Waals surface area contributed by atoms with Gasteiger partial charge in [0.05, 0.1) is 12.2 Å². The van der Waals surface area contributed by atoms with Gasteiger partial charge in [0, 0.05) is 18.7 Å². The predicted octanol–water partition coefficient (Wildman–Crippen LogP) is 1.74. The molecule has 0 atom stereocenters. The minimum atomic E-state index is -0.224. The zero-order chi connectivity index (χ0) is 15.7. The fourth-order valence-electron chi connectivity index (χ4n) is 1.74. The number of hydrogen-bond acceptors (Lipinski definition) is 3. The molecule has 0 unspecified atom stereocenters.